The fraction of sp³-hybridized carbons (Fsp3) is 0.429. The number of hydrogen-bond donors (Lipinski definition) is 2. The zero-order valence-corrected chi connectivity index (χ0v) is 13.1. The first-order valence-electron chi connectivity index (χ1n) is 6.44. The minimum atomic E-state index is -1.22. The number of rotatable bonds is 3. The smallest absolute Gasteiger partial charge is 0.187 e. The SMILES string of the molecule is CCCc1c(O)c2c(c(N)c1OC)C(=O)[C@H](Cl)[C@@H](Cl)C2=O. The fourth-order valence-electron chi connectivity index (χ4n) is 2.54. The van der Waals surface area contributed by atoms with Crippen LogP contribution in [-0.4, -0.2) is 34.5 Å². The molecule has 0 aliphatic heterocycles. The number of methoxy groups -OCH3 is 1. The second-order valence-corrected chi connectivity index (χ2v) is 5.75. The van der Waals surface area contributed by atoms with Gasteiger partial charge in [-0.15, -0.1) is 23.2 Å². The quantitative estimate of drug-likeness (QED) is 0.504. The monoisotopic (exact) mass is 331 g/mol. The van der Waals surface area contributed by atoms with E-state index in [1.165, 1.54) is 7.11 Å². The van der Waals surface area contributed by atoms with Crippen molar-refractivity contribution in [2.24, 2.45) is 0 Å². The molecule has 0 saturated carbocycles. The molecule has 21 heavy (non-hydrogen) atoms. The number of ketones is 2. The summed E-state index contributed by atoms with van der Waals surface area (Å²) in [5, 5.41) is 7.95. The van der Waals surface area contributed by atoms with E-state index in [2.05, 4.69) is 0 Å². The summed E-state index contributed by atoms with van der Waals surface area (Å²) in [5.74, 6) is -1.28. The summed E-state index contributed by atoms with van der Waals surface area (Å²) in [4.78, 5) is 24.5. The van der Waals surface area contributed by atoms with Crippen LogP contribution >= 0.6 is 23.2 Å². The lowest BCUT2D eigenvalue weighted by Gasteiger charge is -2.27. The number of phenols is 1. The average Bonchev–Trinajstić information content (AvgIpc) is 2.46. The minimum absolute atomic E-state index is 0.0151. The third-order valence-electron chi connectivity index (χ3n) is 3.52. The molecule has 0 heterocycles. The third-order valence-corrected chi connectivity index (χ3v) is 4.54. The van der Waals surface area contributed by atoms with Crippen molar-refractivity contribution in [1.82, 2.24) is 0 Å². The van der Waals surface area contributed by atoms with Crippen LogP contribution in [0.4, 0.5) is 5.69 Å². The van der Waals surface area contributed by atoms with Gasteiger partial charge >= 0.3 is 0 Å². The first-order valence-corrected chi connectivity index (χ1v) is 7.31. The second-order valence-electron chi connectivity index (χ2n) is 4.81. The lowest BCUT2D eigenvalue weighted by molar-refractivity contribution is 0.0896. The molecule has 0 aromatic heterocycles. The van der Waals surface area contributed by atoms with E-state index in [4.69, 9.17) is 33.7 Å². The minimum Gasteiger partial charge on any atom is -0.507 e. The van der Waals surface area contributed by atoms with Crippen LogP contribution in [0.15, 0.2) is 0 Å². The number of phenolic OH excluding ortho intramolecular Hbond substituents is 1. The molecule has 1 aromatic carbocycles. The highest BCUT2D eigenvalue weighted by Gasteiger charge is 2.44. The largest absolute Gasteiger partial charge is 0.507 e. The number of alkyl halides is 2. The van der Waals surface area contributed by atoms with Crippen LogP contribution in [0.5, 0.6) is 11.5 Å². The molecule has 0 saturated heterocycles. The first-order chi connectivity index (χ1) is 9.86. The van der Waals surface area contributed by atoms with Gasteiger partial charge in [-0.3, -0.25) is 9.59 Å². The van der Waals surface area contributed by atoms with E-state index in [1.807, 2.05) is 6.92 Å². The molecule has 7 heteroatoms. The number of anilines is 1. The Morgan fingerprint density at radius 2 is 1.71 bits per heavy atom. The Bertz CT molecular complexity index is 630. The van der Waals surface area contributed by atoms with Gasteiger partial charge in [0.15, 0.2) is 11.6 Å². The van der Waals surface area contributed by atoms with Crippen molar-refractivity contribution in [1.29, 1.82) is 0 Å². The number of benzene rings is 1. The molecule has 3 N–H and O–H groups in total. The number of hydrogen-bond acceptors (Lipinski definition) is 5. The van der Waals surface area contributed by atoms with E-state index in [-0.39, 0.29) is 28.3 Å². The maximum Gasteiger partial charge on any atom is 0.187 e. The number of carbonyl (C=O) groups is 2. The van der Waals surface area contributed by atoms with E-state index in [0.717, 1.165) is 0 Å². The molecule has 0 bridgehead atoms. The van der Waals surface area contributed by atoms with E-state index < -0.39 is 22.3 Å². The van der Waals surface area contributed by atoms with Gasteiger partial charge < -0.3 is 15.6 Å². The molecule has 0 spiro atoms. The Hall–Kier alpha value is -1.46. The van der Waals surface area contributed by atoms with Crippen molar-refractivity contribution in [3.05, 3.63) is 16.7 Å². The molecule has 1 aromatic rings. The summed E-state index contributed by atoms with van der Waals surface area (Å²) in [6.07, 6.45) is 1.15. The lowest BCUT2D eigenvalue weighted by Crippen LogP contribution is -2.39. The summed E-state index contributed by atoms with van der Waals surface area (Å²) in [5.41, 5.74) is 6.12. The van der Waals surface area contributed by atoms with Crippen molar-refractivity contribution >= 4 is 40.5 Å². The summed E-state index contributed by atoms with van der Waals surface area (Å²) < 4.78 is 5.20. The van der Waals surface area contributed by atoms with E-state index >= 15 is 0 Å². The molecular weight excluding hydrogens is 317 g/mol. The van der Waals surface area contributed by atoms with E-state index in [1.54, 1.807) is 0 Å². The number of nitrogen functional groups attached to an aromatic ring is 1. The number of Topliss-reactive ketones (excluding diaryl/α,β-unsaturated/α-hetero) is 2. The summed E-state index contributed by atoms with van der Waals surface area (Å²) in [6.45, 7) is 1.90. The van der Waals surface area contributed by atoms with Gasteiger partial charge in [-0.05, 0) is 6.42 Å². The van der Waals surface area contributed by atoms with Crippen molar-refractivity contribution in [3.8, 4) is 11.5 Å². The molecule has 1 aliphatic carbocycles. The predicted molar refractivity (Wildman–Crippen MR) is 81.0 cm³/mol. The normalized spacial score (nSPS) is 21.3. The van der Waals surface area contributed by atoms with Gasteiger partial charge in [-0.2, -0.15) is 0 Å². The van der Waals surface area contributed by atoms with Crippen molar-refractivity contribution in [2.75, 3.05) is 12.8 Å². The van der Waals surface area contributed by atoms with Gasteiger partial charge in [0.2, 0.25) is 0 Å². The van der Waals surface area contributed by atoms with Crippen LogP contribution in [0.25, 0.3) is 0 Å². The molecule has 0 radical (unpaired) electrons. The zero-order chi connectivity index (χ0) is 15.9. The van der Waals surface area contributed by atoms with Gasteiger partial charge in [0.1, 0.15) is 22.3 Å². The van der Waals surface area contributed by atoms with Crippen LogP contribution in [0, 0.1) is 0 Å². The third kappa shape index (κ3) is 2.24. The van der Waals surface area contributed by atoms with Crippen molar-refractivity contribution < 1.29 is 19.4 Å². The molecule has 2 rings (SSSR count). The van der Waals surface area contributed by atoms with Crippen molar-refractivity contribution in [2.45, 2.75) is 30.5 Å². The van der Waals surface area contributed by atoms with Gasteiger partial charge in [-0.25, -0.2) is 0 Å². The Morgan fingerprint density at radius 1 is 1.19 bits per heavy atom. The fourth-order valence-corrected chi connectivity index (χ4v) is 2.99. The number of halogens is 2. The second kappa shape index (κ2) is 5.73. The maximum absolute atomic E-state index is 12.3. The highest BCUT2D eigenvalue weighted by molar-refractivity contribution is 6.49. The number of nitrogens with two attached hydrogens (primary N) is 1. The van der Waals surface area contributed by atoms with Crippen LogP contribution in [-0.2, 0) is 6.42 Å². The van der Waals surface area contributed by atoms with Crippen molar-refractivity contribution in [3.63, 3.8) is 0 Å². The molecule has 0 amide bonds. The van der Waals surface area contributed by atoms with Gasteiger partial charge in [-0.1, -0.05) is 13.3 Å². The molecule has 1 aliphatic rings. The molecule has 5 nitrogen and oxygen atoms in total. The average molecular weight is 332 g/mol. The Labute approximate surface area is 132 Å². The van der Waals surface area contributed by atoms with Gasteiger partial charge in [0.05, 0.1) is 23.9 Å². The molecule has 0 fully saturated rings. The van der Waals surface area contributed by atoms with Crippen LogP contribution < -0.4 is 10.5 Å². The Balaban J connectivity index is 2.85. The van der Waals surface area contributed by atoms with Crippen LogP contribution in [0.3, 0.4) is 0 Å². The molecule has 0 unspecified atom stereocenters. The Kier molecular flexibility index (Phi) is 4.35. The summed E-state index contributed by atoms with van der Waals surface area (Å²) in [7, 11) is 1.38. The molecular formula is C14H15Cl2NO4. The first kappa shape index (κ1) is 15.9. The highest BCUT2D eigenvalue weighted by Crippen LogP contribution is 2.45. The van der Waals surface area contributed by atoms with Gasteiger partial charge in [0.25, 0.3) is 0 Å². The van der Waals surface area contributed by atoms with Crippen LogP contribution in [0.1, 0.15) is 39.6 Å². The number of fused-ring (bicyclic) bond motifs is 1. The standard InChI is InChI=1S/C14H15Cl2NO4/c1-3-4-5-11(18)7-6(10(17)14(5)21-2)12(19)8(15)9(16)13(7)20/h8-9,18H,3-4,17H2,1-2H3/t8-,9-/m1/s1. The number of carbonyl (C=O) groups excluding carboxylic acids is 2. The van der Waals surface area contributed by atoms with E-state index in [0.29, 0.717) is 18.4 Å². The summed E-state index contributed by atoms with van der Waals surface area (Å²) in [6, 6.07) is 0. The predicted octanol–water partition coefficient (Wildman–Crippen LogP) is 2.53. The Morgan fingerprint density at radius 3 is 2.19 bits per heavy atom. The van der Waals surface area contributed by atoms with Crippen LogP contribution in [0.2, 0.25) is 0 Å². The summed E-state index contributed by atoms with van der Waals surface area (Å²) >= 11 is 11.8. The molecule has 2 atom stereocenters. The van der Waals surface area contributed by atoms with Gasteiger partial charge in [0, 0.05) is 5.56 Å². The topological polar surface area (TPSA) is 89.6 Å². The van der Waals surface area contributed by atoms with E-state index in [9.17, 15) is 14.7 Å². The lowest BCUT2D eigenvalue weighted by atomic mass is 9.84. The maximum atomic E-state index is 12.3. The number of ether oxygens (including phenoxy) is 1. The zero-order valence-electron chi connectivity index (χ0n) is 11.6. The highest BCUT2D eigenvalue weighted by atomic mass is 35.5. The number of aromatic hydroxyl groups is 1. The molecule has 114 valence electrons.